The van der Waals surface area contributed by atoms with Gasteiger partial charge in [-0.15, -0.1) is 0 Å². The van der Waals surface area contributed by atoms with Gasteiger partial charge in [0.2, 0.25) is 6.79 Å². The molecule has 6 heteroatoms. The van der Waals surface area contributed by atoms with Gasteiger partial charge >= 0.3 is 0 Å². The molecule has 3 aromatic rings. The van der Waals surface area contributed by atoms with Gasteiger partial charge in [-0.05, 0) is 36.8 Å². The van der Waals surface area contributed by atoms with Crippen molar-refractivity contribution >= 4 is 23.1 Å². The number of pyridine rings is 1. The molecular weight excluding hydrogens is 290 g/mol. The molecule has 0 saturated heterocycles. The molecule has 21 heavy (non-hydrogen) atoms. The molecule has 0 atom stereocenters. The van der Waals surface area contributed by atoms with Crippen molar-refractivity contribution in [2.75, 3.05) is 12.5 Å². The highest BCUT2D eigenvalue weighted by atomic mass is 35.5. The Labute approximate surface area is 125 Å². The summed E-state index contributed by atoms with van der Waals surface area (Å²) in [5.74, 6) is 1.75. The first-order valence-corrected chi connectivity index (χ1v) is 6.85. The highest BCUT2D eigenvalue weighted by molar-refractivity contribution is 6.32. The third-order valence-electron chi connectivity index (χ3n) is 3.52. The van der Waals surface area contributed by atoms with Crippen molar-refractivity contribution in [3.63, 3.8) is 0 Å². The number of fused-ring (bicyclic) bond motifs is 2. The van der Waals surface area contributed by atoms with E-state index in [9.17, 15) is 0 Å². The lowest BCUT2D eigenvalue weighted by Gasteiger charge is -2.04. The summed E-state index contributed by atoms with van der Waals surface area (Å²) < 4.78 is 12.6. The molecule has 4 rings (SSSR count). The van der Waals surface area contributed by atoms with E-state index >= 15 is 0 Å². The Bertz CT molecular complexity index is 873. The number of nitrogens with two attached hydrogens (primary N) is 1. The lowest BCUT2D eigenvalue weighted by molar-refractivity contribution is 0.174. The number of imidazole rings is 1. The molecule has 1 aromatic carbocycles. The molecule has 106 valence electrons. The average Bonchev–Trinajstić information content (AvgIpc) is 3.04. The number of anilines is 1. The summed E-state index contributed by atoms with van der Waals surface area (Å²) in [5, 5.41) is 0.493. The van der Waals surface area contributed by atoms with Crippen molar-refractivity contribution in [3.8, 4) is 22.8 Å². The van der Waals surface area contributed by atoms with Crippen LogP contribution in [0.4, 0.5) is 5.82 Å². The summed E-state index contributed by atoms with van der Waals surface area (Å²) in [6, 6.07) is 7.61. The van der Waals surface area contributed by atoms with E-state index in [2.05, 4.69) is 4.98 Å². The zero-order valence-electron chi connectivity index (χ0n) is 11.3. The predicted octanol–water partition coefficient (Wildman–Crippen LogP) is 3.27. The first-order valence-electron chi connectivity index (χ1n) is 6.47. The number of hydrogen-bond donors (Lipinski definition) is 1. The van der Waals surface area contributed by atoms with Gasteiger partial charge in [-0.25, -0.2) is 4.98 Å². The third kappa shape index (κ3) is 1.81. The molecule has 1 aliphatic heterocycles. The molecule has 1 aliphatic rings. The van der Waals surface area contributed by atoms with Crippen molar-refractivity contribution in [2.45, 2.75) is 6.92 Å². The van der Waals surface area contributed by atoms with E-state index in [1.165, 1.54) is 0 Å². The second-order valence-electron chi connectivity index (χ2n) is 4.97. The van der Waals surface area contributed by atoms with E-state index in [0.717, 1.165) is 16.8 Å². The number of benzene rings is 1. The molecule has 0 unspecified atom stereocenters. The maximum absolute atomic E-state index is 6.22. The van der Waals surface area contributed by atoms with Crippen molar-refractivity contribution < 1.29 is 9.47 Å². The first kappa shape index (κ1) is 12.3. The van der Waals surface area contributed by atoms with Crippen LogP contribution in [0.15, 0.2) is 30.5 Å². The van der Waals surface area contributed by atoms with Crippen LogP contribution in [0.5, 0.6) is 11.5 Å². The molecule has 0 fully saturated rings. The number of aryl methyl sites for hydroxylation is 1. The maximum Gasteiger partial charge on any atom is 0.231 e. The molecule has 5 nitrogen and oxygen atoms in total. The van der Waals surface area contributed by atoms with E-state index in [0.29, 0.717) is 28.0 Å². The van der Waals surface area contributed by atoms with E-state index in [1.54, 1.807) is 6.07 Å². The molecule has 0 radical (unpaired) electrons. The molecule has 3 heterocycles. The SMILES string of the molecule is Cc1ccn2c(N)c(-c3cc(Cl)c4c(c3)OCO4)nc2c1. The highest BCUT2D eigenvalue weighted by Crippen LogP contribution is 2.43. The van der Waals surface area contributed by atoms with Gasteiger partial charge in [-0.3, -0.25) is 4.40 Å². The van der Waals surface area contributed by atoms with Crippen LogP contribution in [-0.2, 0) is 0 Å². The minimum Gasteiger partial charge on any atom is -0.454 e. The fourth-order valence-corrected chi connectivity index (χ4v) is 2.75. The number of ether oxygens (including phenoxy) is 2. The van der Waals surface area contributed by atoms with Crippen LogP contribution in [-0.4, -0.2) is 16.2 Å². The standard InChI is InChI=1S/C15H12ClN3O2/c1-8-2-3-19-12(4-8)18-13(15(19)17)9-5-10(16)14-11(6-9)20-7-21-14/h2-6H,7,17H2,1H3. The van der Waals surface area contributed by atoms with Crippen LogP contribution in [0.3, 0.4) is 0 Å². The lowest BCUT2D eigenvalue weighted by Crippen LogP contribution is -1.94. The molecule has 0 aliphatic carbocycles. The maximum atomic E-state index is 6.22. The van der Waals surface area contributed by atoms with E-state index in [-0.39, 0.29) is 6.79 Å². The zero-order valence-corrected chi connectivity index (χ0v) is 12.0. The predicted molar refractivity (Wildman–Crippen MR) is 80.9 cm³/mol. The average molecular weight is 302 g/mol. The third-order valence-corrected chi connectivity index (χ3v) is 3.80. The van der Waals surface area contributed by atoms with Gasteiger partial charge in [0.1, 0.15) is 17.2 Å². The Kier molecular flexibility index (Phi) is 2.53. The highest BCUT2D eigenvalue weighted by Gasteiger charge is 2.21. The molecule has 0 amide bonds. The Balaban J connectivity index is 1.94. The van der Waals surface area contributed by atoms with Crippen molar-refractivity contribution in [3.05, 3.63) is 41.0 Å². The van der Waals surface area contributed by atoms with Crippen molar-refractivity contribution in [1.29, 1.82) is 0 Å². The summed E-state index contributed by atoms with van der Waals surface area (Å²) in [4.78, 5) is 4.59. The number of halogens is 1. The summed E-state index contributed by atoms with van der Waals surface area (Å²) in [6.07, 6.45) is 1.91. The summed E-state index contributed by atoms with van der Waals surface area (Å²) in [5.41, 5.74) is 9.62. The number of nitrogen functional groups attached to an aromatic ring is 1. The molecule has 0 spiro atoms. The summed E-state index contributed by atoms with van der Waals surface area (Å²) in [7, 11) is 0. The smallest absolute Gasteiger partial charge is 0.231 e. The van der Waals surface area contributed by atoms with Gasteiger partial charge in [-0.1, -0.05) is 11.6 Å². The first-order chi connectivity index (χ1) is 10.1. The van der Waals surface area contributed by atoms with Crippen LogP contribution in [0, 0.1) is 6.92 Å². The molecular formula is C15H12ClN3O2. The Hall–Kier alpha value is -2.40. The molecule has 0 bridgehead atoms. The van der Waals surface area contributed by atoms with Crippen molar-refractivity contribution in [2.24, 2.45) is 0 Å². The molecule has 2 aromatic heterocycles. The van der Waals surface area contributed by atoms with Crippen LogP contribution >= 0.6 is 11.6 Å². The number of rotatable bonds is 1. The summed E-state index contributed by atoms with van der Waals surface area (Å²) >= 11 is 6.22. The second kappa shape index (κ2) is 4.30. The Morgan fingerprint density at radius 3 is 3.00 bits per heavy atom. The molecule has 2 N–H and O–H groups in total. The van der Waals surface area contributed by atoms with Gasteiger partial charge in [0, 0.05) is 11.8 Å². The van der Waals surface area contributed by atoms with Gasteiger partial charge in [0.05, 0.1) is 5.02 Å². The topological polar surface area (TPSA) is 61.8 Å². The monoisotopic (exact) mass is 301 g/mol. The van der Waals surface area contributed by atoms with Gasteiger partial charge in [0.15, 0.2) is 11.5 Å². The normalized spacial score (nSPS) is 13.0. The van der Waals surface area contributed by atoms with Crippen LogP contribution in [0.2, 0.25) is 5.02 Å². The number of nitrogens with zero attached hydrogens (tertiary/aromatic N) is 2. The van der Waals surface area contributed by atoms with E-state index < -0.39 is 0 Å². The summed E-state index contributed by atoms with van der Waals surface area (Å²) in [6.45, 7) is 2.19. The van der Waals surface area contributed by atoms with Crippen LogP contribution in [0.25, 0.3) is 16.9 Å². The molecule has 0 saturated carbocycles. The van der Waals surface area contributed by atoms with Crippen molar-refractivity contribution in [1.82, 2.24) is 9.38 Å². The second-order valence-corrected chi connectivity index (χ2v) is 5.38. The fourth-order valence-electron chi connectivity index (χ4n) is 2.48. The van der Waals surface area contributed by atoms with Crippen LogP contribution in [0.1, 0.15) is 5.56 Å². The number of aromatic nitrogens is 2. The minimum absolute atomic E-state index is 0.179. The Morgan fingerprint density at radius 1 is 1.29 bits per heavy atom. The number of hydrogen-bond acceptors (Lipinski definition) is 4. The van der Waals surface area contributed by atoms with E-state index in [4.69, 9.17) is 26.8 Å². The van der Waals surface area contributed by atoms with Gasteiger partial charge in [-0.2, -0.15) is 0 Å². The van der Waals surface area contributed by atoms with Gasteiger partial charge in [0.25, 0.3) is 0 Å². The Morgan fingerprint density at radius 2 is 2.14 bits per heavy atom. The largest absolute Gasteiger partial charge is 0.454 e. The fraction of sp³-hybridized carbons (Fsp3) is 0.133. The van der Waals surface area contributed by atoms with Gasteiger partial charge < -0.3 is 15.2 Å². The lowest BCUT2D eigenvalue weighted by atomic mass is 10.1. The zero-order chi connectivity index (χ0) is 14.6. The quantitative estimate of drug-likeness (QED) is 0.749. The van der Waals surface area contributed by atoms with E-state index in [1.807, 2.05) is 35.7 Å². The minimum atomic E-state index is 0.179. The van der Waals surface area contributed by atoms with Crippen LogP contribution < -0.4 is 15.2 Å².